The number of ketones is 1. The number of aromatic nitrogens is 2. The molecule has 0 aliphatic carbocycles. The lowest BCUT2D eigenvalue weighted by atomic mass is 10.2. The maximum atomic E-state index is 12.6. The Kier molecular flexibility index (Phi) is 26.0. The van der Waals surface area contributed by atoms with Gasteiger partial charge in [0.1, 0.15) is 5.78 Å². The lowest BCUT2D eigenvalue weighted by Gasteiger charge is -2.16. The van der Waals surface area contributed by atoms with Crippen molar-refractivity contribution in [2.45, 2.75) is 72.3 Å². The number of hydrogen-bond acceptors (Lipinski definition) is 15. The van der Waals surface area contributed by atoms with Crippen LogP contribution in [0.25, 0.3) is 12.0 Å². The number of anilines is 1. The third kappa shape index (κ3) is 23.6. The minimum Gasteiger partial charge on any atom is -0.492 e. The number of ether oxygens (including phenoxy) is 3. The molecule has 0 spiro atoms. The number of nitrogens with two attached hydrogens (primary N) is 1. The summed E-state index contributed by atoms with van der Waals surface area (Å²) < 4.78 is 16.7. The van der Waals surface area contributed by atoms with E-state index in [4.69, 9.17) is 25.5 Å². The van der Waals surface area contributed by atoms with E-state index in [-0.39, 0.29) is 41.1 Å². The van der Waals surface area contributed by atoms with Crippen LogP contribution in [0.15, 0.2) is 52.5 Å². The Morgan fingerprint density at radius 3 is 2.32 bits per heavy atom. The number of carbonyl (C=O) groups is 3. The smallest absolute Gasteiger partial charge is 0.251 e. The van der Waals surface area contributed by atoms with Gasteiger partial charge in [-0.2, -0.15) is 10.1 Å². The number of aliphatic imine (C=N–C) groups is 1. The van der Waals surface area contributed by atoms with Crippen LogP contribution in [0, 0.1) is 5.53 Å². The van der Waals surface area contributed by atoms with E-state index >= 15 is 0 Å². The first kappa shape index (κ1) is 49.8. The number of Topliss-reactive ketones (excluding diaryl/α,β-unsaturated/α-hetero) is 1. The van der Waals surface area contributed by atoms with Crippen LogP contribution in [0.1, 0.15) is 81.8 Å². The number of likely N-dealkylation sites (N-methyl/N-ethyl adjacent to an activating group) is 1. The van der Waals surface area contributed by atoms with Crippen molar-refractivity contribution in [2.75, 3.05) is 84.7 Å². The Labute approximate surface area is 347 Å². The second-order valence-electron chi connectivity index (χ2n) is 13.7. The molecule has 1 aromatic heterocycles. The van der Waals surface area contributed by atoms with E-state index in [2.05, 4.69) is 41.3 Å². The van der Waals surface area contributed by atoms with Gasteiger partial charge in [0.25, 0.3) is 5.91 Å². The van der Waals surface area contributed by atoms with Crippen molar-refractivity contribution in [3.05, 3.63) is 64.3 Å². The van der Waals surface area contributed by atoms with Crippen molar-refractivity contribution in [3.63, 3.8) is 0 Å². The van der Waals surface area contributed by atoms with E-state index in [1.807, 2.05) is 24.9 Å². The van der Waals surface area contributed by atoms with Crippen LogP contribution in [-0.4, -0.2) is 123 Å². The number of nitrogens with zero attached hydrogens (tertiary/aromatic N) is 5. The summed E-state index contributed by atoms with van der Waals surface area (Å²) in [6.45, 7) is 10.8. The summed E-state index contributed by atoms with van der Waals surface area (Å²) in [5.41, 5.74) is 15.5. The topological polar surface area (TPSA) is 251 Å². The predicted octanol–water partition coefficient (Wildman–Crippen LogP) is 2.50. The van der Waals surface area contributed by atoms with Gasteiger partial charge >= 0.3 is 0 Å². The molecule has 0 aliphatic rings. The Morgan fingerprint density at radius 2 is 1.64 bits per heavy atom. The molecule has 1 heterocycles. The van der Waals surface area contributed by atoms with E-state index in [0.717, 1.165) is 37.9 Å². The SMILES string of the molecule is CCC\C=c1/ncc(CNc2ccc(C(=O)NCCCC(=O)NCCOCCOCCOCCN(C)C/C(=C/NCCCCC(C)=O)N=N)cc2)n/c1=C(O)/N=C(\C)N. The number of benzene rings is 1. The number of carbonyl (C=O) groups excluding carboxylic acids is 3. The van der Waals surface area contributed by atoms with Crippen molar-refractivity contribution in [1.29, 1.82) is 5.53 Å². The number of amidine groups is 1. The lowest BCUT2D eigenvalue weighted by molar-refractivity contribution is -0.121. The molecule has 18 heteroatoms. The predicted molar refractivity (Wildman–Crippen MR) is 228 cm³/mol. The number of unbranched alkanes of at least 4 members (excludes halogenated alkanes) is 2. The van der Waals surface area contributed by atoms with Crippen LogP contribution >= 0.6 is 0 Å². The molecule has 8 N–H and O–H groups in total. The maximum absolute atomic E-state index is 12.6. The molecule has 2 amide bonds. The van der Waals surface area contributed by atoms with Crippen LogP contribution in [0.3, 0.4) is 0 Å². The maximum Gasteiger partial charge on any atom is 0.251 e. The Hall–Kier alpha value is -5.30. The van der Waals surface area contributed by atoms with Gasteiger partial charge in [-0.05, 0) is 70.8 Å². The highest BCUT2D eigenvalue weighted by atomic mass is 16.5. The third-order valence-corrected chi connectivity index (χ3v) is 8.33. The van der Waals surface area contributed by atoms with Crippen molar-refractivity contribution in [2.24, 2.45) is 15.8 Å². The zero-order valence-corrected chi connectivity index (χ0v) is 35.2. The second-order valence-corrected chi connectivity index (χ2v) is 13.7. The molecule has 2 aromatic rings. The second kappa shape index (κ2) is 30.7. The number of amides is 2. The van der Waals surface area contributed by atoms with E-state index in [0.29, 0.717) is 108 Å². The summed E-state index contributed by atoms with van der Waals surface area (Å²) in [5, 5.41) is 26.9. The van der Waals surface area contributed by atoms with E-state index < -0.39 is 0 Å². The van der Waals surface area contributed by atoms with Crippen LogP contribution in [0.2, 0.25) is 0 Å². The summed E-state index contributed by atoms with van der Waals surface area (Å²) in [5.74, 6) is -0.236. The Bertz CT molecular complexity index is 1750. The van der Waals surface area contributed by atoms with Crippen LogP contribution in [0.4, 0.5) is 5.69 Å². The largest absolute Gasteiger partial charge is 0.492 e. The van der Waals surface area contributed by atoms with Crippen molar-refractivity contribution >= 4 is 41.1 Å². The van der Waals surface area contributed by atoms with E-state index in [1.165, 1.54) is 0 Å². The third-order valence-electron chi connectivity index (χ3n) is 8.33. The zero-order chi connectivity index (χ0) is 43.1. The van der Waals surface area contributed by atoms with Gasteiger partial charge in [0, 0.05) is 63.0 Å². The molecule has 0 fully saturated rings. The zero-order valence-electron chi connectivity index (χ0n) is 35.2. The molecule has 0 saturated carbocycles. The first-order valence-corrected chi connectivity index (χ1v) is 20.2. The van der Waals surface area contributed by atoms with Gasteiger partial charge in [-0.3, -0.25) is 19.5 Å². The fraction of sp³-hybridized carbons (Fsp3) is 0.561. The van der Waals surface area contributed by atoms with Crippen LogP contribution in [-0.2, 0) is 30.3 Å². The number of hydrogen-bond donors (Lipinski definition) is 7. The molecule has 1 aromatic carbocycles. The summed E-state index contributed by atoms with van der Waals surface area (Å²) in [7, 11) is 1.94. The fourth-order valence-electron chi connectivity index (χ4n) is 5.19. The van der Waals surface area contributed by atoms with Gasteiger partial charge in [-0.25, -0.2) is 10.5 Å². The molecule has 0 bridgehead atoms. The molecule has 0 saturated heterocycles. The first-order chi connectivity index (χ1) is 28.5. The van der Waals surface area contributed by atoms with Crippen LogP contribution < -0.4 is 37.7 Å². The number of nitrogens with one attached hydrogen (secondary N) is 5. The molecule has 2 rings (SSSR count). The minimum atomic E-state index is -0.292. The minimum absolute atomic E-state index is 0.117. The number of rotatable bonds is 32. The average Bonchev–Trinajstić information content (AvgIpc) is 3.21. The summed E-state index contributed by atoms with van der Waals surface area (Å²) in [6, 6.07) is 6.99. The van der Waals surface area contributed by atoms with Crippen LogP contribution in [0.5, 0.6) is 0 Å². The molecule has 59 heavy (non-hydrogen) atoms. The standard InChI is InChI=1S/C41H65N11O7/c1-5-6-11-37-39(41(56)49-32(3)42)50-35(29-48-37)28-47-34-15-13-33(14-16-34)40(55)46-18-9-12-38(54)45-19-21-57-23-25-59-26-24-58-22-20-52(4)30-36(51-43)27-44-17-8-7-10-31(2)53/h11,13-16,27,29,43-44,47,56H,5-10,12,17-26,28,30H2,1-4H3,(H2,42,49)(H,45,54)(H,46,55)/b36-27-,37-11-,41-39-,51-43?. The average molecular weight is 824 g/mol. The molecule has 326 valence electrons. The summed E-state index contributed by atoms with van der Waals surface area (Å²) >= 11 is 0. The lowest BCUT2D eigenvalue weighted by Crippen LogP contribution is -2.35. The number of aliphatic hydroxyl groups is 1. The Morgan fingerprint density at radius 1 is 0.932 bits per heavy atom. The van der Waals surface area contributed by atoms with Gasteiger partial charge in [0.15, 0.2) is 5.35 Å². The normalized spacial score (nSPS) is 12.7. The molecule has 18 nitrogen and oxygen atoms in total. The van der Waals surface area contributed by atoms with Gasteiger partial charge in [0.05, 0.1) is 75.0 Å². The van der Waals surface area contributed by atoms with Gasteiger partial charge < -0.3 is 51.1 Å². The highest BCUT2D eigenvalue weighted by Gasteiger charge is 2.08. The number of aliphatic hydroxyl groups excluding tert-OH is 1. The first-order valence-electron chi connectivity index (χ1n) is 20.2. The van der Waals surface area contributed by atoms with Gasteiger partial charge in [-0.1, -0.05) is 19.4 Å². The van der Waals surface area contributed by atoms with E-state index in [1.54, 1.807) is 50.5 Å². The Balaban J connectivity index is 1.51. The van der Waals surface area contributed by atoms with Gasteiger partial charge in [0.2, 0.25) is 11.8 Å². The molecular formula is C41H65N11O7. The molecular weight excluding hydrogens is 759 g/mol. The monoisotopic (exact) mass is 824 g/mol. The summed E-state index contributed by atoms with van der Waals surface area (Å²) in [4.78, 5) is 50.7. The highest BCUT2D eigenvalue weighted by Crippen LogP contribution is 2.11. The van der Waals surface area contributed by atoms with E-state index in [9.17, 15) is 19.5 Å². The summed E-state index contributed by atoms with van der Waals surface area (Å²) in [6.07, 6.45) is 10.1. The molecule has 0 aliphatic heterocycles. The molecule has 0 atom stereocenters. The van der Waals surface area contributed by atoms with Gasteiger partial charge in [-0.15, -0.1) is 0 Å². The highest BCUT2D eigenvalue weighted by molar-refractivity contribution is 5.94. The van der Waals surface area contributed by atoms with Crippen molar-refractivity contribution in [1.82, 2.24) is 30.8 Å². The fourth-order valence-corrected chi connectivity index (χ4v) is 5.19. The van der Waals surface area contributed by atoms with Crippen molar-refractivity contribution < 1.29 is 33.7 Å². The van der Waals surface area contributed by atoms with Crippen molar-refractivity contribution in [3.8, 4) is 0 Å². The molecule has 0 radical (unpaired) electrons. The molecule has 0 unspecified atom stereocenters. The quantitative estimate of drug-likeness (QED) is 0.0243.